The number of ether oxygens (including phenoxy) is 1. The van der Waals surface area contributed by atoms with Crippen LogP contribution in [0.3, 0.4) is 0 Å². The molecule has 0 aromatic heterocycles. The van der Waals surface area contributed by atoms with Crippen LogP contribution in [0.4, 0.5) is 0 Å². The van der Waals surface area contributed by atoms with E-state index in [1.165, 1.54) is 0 Å². The van der Waals surface area contributed by atoms with Crippen LogP contribution in [0, 0.1) is 5.92 Å². The zero-order valence-corrected chi connectivity index (χ0v) is 10.2. The van der Waals surface area contributed by atoms with Gasteiger partial charge in [0.05, 0.1) is 12.1 Å². The highest BCUT2D eigenvalue weighted by molar-refractivity contribution is 6.32. The van der Waals surface area contributed by atoms with Crippen LogP contribution in [0.5, 0.6) is 5.75 Å². The minimum Gasteiger partial charge on any atom is -0.495 e. The molecule has 2 N–H and O–H groups in total. The Kier molecular flexibility index (Phi) is 4.43. The Morgan fingerprint density at radius 1 is 1.47 bits per heavy atom. The molecule has 2 atom stereocenters. The summed E-state index contributed by atoms with van der Waals surface area (Å²) in [7, 11) is 1.61. The van der Waals surface area contributed by atoms with Gasteiger partial charge in [-0.05, 0) is 23.6 Å². The van der Waals surface area contributed by atoms with Crippen molar-refractivity contribution >= 4 is 11.6 Å². The molecule has 0 saturated carbocycles. The van der Waals surface area contributed by atoms with Gasteiger partial charge in [0.2, 0.25) is 0 Å². The van der Waals surface area contributed by atoms with Gasteiger partial charge in [-0.3, -0.25) is 0 Å². The van der Waals surface area contributed by atoms with E-state index in [1.807, 2.05) is 18.2 Å². The summed E-state index contributed by atoms with van der Waals surface area (Å²) >= 11 is 5.95. The third-order valence-corrected chi connectivity index (χ3v) is 3.13. The predicted molar refractivity (Wildman–Crippen MR) is 64.4 cm³/mol. The number of rotatable bonds is 4. The SMILES string of the molecule is CCC(C)[C@@H](N)c1ccc(Cl)c(OC)c1. The average Bonchev–Trinajstić information content (AvgIpc) is 2.27. The van der Waals surface area contributed by atoms with Crippen molar-refractivity contribution in [3.8, 4) is 5.75 Å². The number of halogens is 1. The maximum Gasteiger partial charge on any atom is 0.137 e. The van der Waals surface area contributed by atoms with Crippen molar-refractivity contribution in [2.24, 2.45) is 11.7 Å². The fourth-order valence-electron chi connectivity index (χ4n) is 1.47. The molecule has 0 aliphatic rings. The Balaban J connectivity index is 2.95. The lowest BCUT2D eigenvalue weighted by molar-refractivity contribution is 0.410. The van der Waals surface area contributed by atoms with E-state index in [0.29, 0.717) is 16.7 Å². The van der Waals surface area contributed by atoms with Gasteiger partial charge < -0.3 is 10.5 Å². The molecule has 1 aromatic rings. The molecule has 0 bridgehead atoms. The molecular formula is C12H18ClNO. The maximum atomic E-state index is 6.12. The van der Waals surface area contributed by atoms with Crippen molar-refractivity contribution in [1.82, 2.24) is 0 Å². The van der Waals surface area contributed by atoms with Crippen LogP contribution in [-0.4, -0.2) is 7.11 Å². The van der Waals surface area contributed by atoms with E-state index in [9.17, 15) is 0 Å². The molecular weight excluding hydrogens is 210 g/mol. The topological polar surface area (TPSA) is 35.2 Å². The van der Waals surface area contributed by atoms with E-state index in [4.69, 9.17) is 22.1 Å². The van der Waals surface area contributed by atoms with Crippen molar-refractivity contribution in [3.63, 3.8) is 0 Å². The number of nitrogens with two attached hydrogens (primary N) is 1. The van der Waals surface area contributed by atoms with Gasteiger partial charge in [-0.15, -0.1) is 0 Å². The van der Waals surface area contributed by atoms with E-state index in [0.717, 1.165) is 12.0 Å². The van der Waals surface area contributed by atoms with Crippen molar-refractivity contribution in [2.75, 3.05) is 7.11 Å². The zero-order chi connectivity index (χ0) is 11.4. The van der Waals surface area contributed by atoms with Crippen LogP contribution in [-0.2, 0) is 0 Å². The average molecular weight is 228 g/mol. The second-order valence-corrected chi connectivity index (χ2v) is 4.21. The normalized spacial score (nSPS) is 14.7. The number of hydrogen-bond acceptors (Lipinski definition) is 2. The maximum absolute atomic E-state index is 6.12. The summed E-state index contributed by atoms with van der Waals surface area (Å²) in [5.41, 5.74) is 7.20. The molecule has 84 valence electrons. The predicted octanol–water partition coefficient (Wildman–Crippen LogP) is 3.39. The quantitative estimate of drug-likeness (QED) is 0.856. The Hall–Kier alpha value is -0.730. The van der Waals surface area contributed by atoms with Gasteiger partial charge in [-0.25, -0.2) is 0 Å². The molecule has 2 nitrogen and oxygen atoms in total. The van der Waals surface area contributed by atoms with E-state index >= 15 is 0 Å². The molecule has 0 fully saturated rings. The monoisotopic (exact) mass is 227 g/mol. The van der Waals surface area contributed by atoms with Gasteiger partial charge in [0, 0.05) is 6.04 Å². The molecule has 1 unspecified atom stereocenters. The van der Waals surface area contributed by atoms with Gasteiger partial charge in [0.1, 0.15) is 5.75 Å². The minimum atomic E-state index is 0.0427. The molecule has 0 aliphatic heterocycles. The van der Waals surface area contributed by atoms with Crippen molar-refractivity contribution in [2.45, 2.75) is 26.3 Å². The van der Waals surface area contributed by atoms with Crippen molar-refractivity contribution in [3.05, 3.63) is 28.8 Å². The first-order chi connectivity index (χ1) is 7.10. The molecule has 1 rings (SSSR count). The minimum absolute atomic E-state index is 0.0427. The van der Waals surface area contributed by atoms with Gasteiger partial charge in [0.15, 0.2) is 0 Å². The zero-order valence-electron chi connectivity index (χ0n) is 9.46. The highest BCUT2D eigenvalue weighted by atomic mass is 35.5. The van der Waals surface area contributed by atoms with Crippen LogP contribution < -0.4 is 10.5 Å². The Labute approximate surface area is 96.4 Å². The third kappa shape index (κ3) is 2.86. The Morgan fingerprint density at radius 3 is 2.67 bits per heavy atom. The van der Waals surface area contributed by atoms with Gasteiger partial charge in [-0.1, -0.05) is 37.9 Å². The standard InChI is InChI=1S/C12H18ClNO/c1-4-8(2)12(14)9-5-6-10(13)11(7-9)15-3/h5-8,12H,4,14H2,1-3H3/t8?,12-/m1/s1. The lowest BCUT2D eigenvalue weighted by Gasteiger charge is -2.19. The van der Waals surface area contributed by atoms with Crippen LogP contribution in [0.1, 0.15) is 31.9 Å². The lowest BCUT2D eigenvalue weighted by atomic mass is 9.93. The lowest BCUT2D eigenvalue weighted by Crippen LogP contribution is -2.18. The molecule has 1 aromatic carbocycles. The highest BCUT2D eigenvalue weighted by Gasteiger charge is 2.14. The molecule has 15 heavy (non-hydrogen) atoms. The van der Waals surface area contributed by atoms with Crippen LogP contribution >= 0.6 is 11.6 Å². The van der Waals surface area contributed by atoms with E-state index in [-0.39, 0.29) is 6.04 Å². The van der Waals surface area contributed by atoms with E-state index in [2.05, 4.69) is 13.8 Å². The Morgan fingerprint density at radius 2 is 2.13 bits per heavy atom. The van der Waals surface area contributed by atoms with Crippen molar-refractivity contribution < 1.29 is 4.74 Å². The fraction of sp³-hybridized carbons (Fsp3) is 0.500. The molecule has 3 heteroatoms. The summed E-state index contributed by atoms with van der Waals surface area (Å²) in [6.07, 6.45) is 1.06. The Bertz CT molecular complexity index is 327. The summed E-state index contributed by atoms with van der Waals surface area (Å²) in [6.45, 7) is 4.28. The molecule has 0 radical (unpaired) electrons. The first kappa shape index (κ1) is 12.3. The van der Waals surface area contributed by atoms with Crippen molar-refractivity contribution in [1.29, 1.82) is 0 Å². The first-order valence-electron chi connectivity index (χ1n) is 5.19. The summed E-state index contributed by atoms with van der Waals surface area (Å²) < 4.78 is 5.16. The summed E-state index contributed by atoms with van der Waals surface area (Å²) in [5.74, 6) is 1.14. The first-order valence-corrected chi connectivity index (χ1v) is 5.57. The smallest absolute Gasteiger partial charge is 0.137 e. The van der Waals surface area contributed by atoms with E-state index < -0.39 is 0 Å². The van der Waals surface area contributed by atoms with Gasteiger partial charge >= 0.3 is 0 Å². The summed E-state index contributed by atoms with van der Waals surface area (Å²) in [6, 6.07) is 5.75. The second kappa shape index (κ2) is 5.38. The fourth-order valence-corrected chi connectivity index (χ4v) is 1.66. The van der Waals surface area contributed by atoms with Crippen LogP contribution in [0.15, 0.2) is 18.2 Å². The highest BCUT2D eigenvalue weighted by Crippen LogP contribution is 2.30. The van der Waals surface area contributed by atoms with Crippen LogP contribution in [0.25, 0.3) is 0 Å². The number of benzene rings is 1. The summed E-state index contributed by atoms with van der Waals surface area (Å²) in [5, 5.41) is 0.623. The second-order valence-electron chi connectivity index (χ2n) is 3.81. The number of methoxy groups -OCH3 is 1. The number of hydrogen-bond donors (Lipinski definition) is 1. The van der Waals surface area contributed by atoms with Gasteiger partial charge in [-0.2, -0.15) is 0 Å². The molecule has 0 spiro atoms. The summed E-state index contributed by atoms with van der Waals surface area (Å²) in [4.78, 5) is 0. The van der Waals surface area contributed by atoms with Crippen LogP contribution in [0.2, 0.25) is 5.02 Å². The molecule has 0 heterocycles. The largest absolute Gasteiger partial charge is 0.495 e. The van der Waals surface area contributed by atoms with E-state index in [1.54, 1.807) is 7.11 Å². The third-order valence-electron chi connectivity index (χ3n) is 2.82. The van der Waals surface area contributed by atoms with Gasteiger partial charge in [0.25, 0.3) is 0 Å². The molecule has 0 amide bonds. The molecule has 0 aliphatic carbocycles. The molecule has 0 saturated heterocycles.